The maximum atomic E-state index is 4.02. The van der Waals surface area contributed by atoms with Gasteiger partial charge < -0.3 is 4.98 Å². The van der Waals surface area contributed by atoms with Crippen LogP contribution in [0.2, 0.25) is 0 Å². The third kappa shape index (κ3) is 1.65. The van der Waals surface area contributed by atoms with Gasteiger partial charge in [0.2, 0.25) is 0 Å². The first-order valence-corrected chi connectivity index (χ1v) is 5.18. The average Bonchev–Trinajstić information content (AvgIpc) is 2.72. The molecule has 0 amide bonds. The van der Waals surface area contributed by atoms with Crippen molar-refractivity contribution >= 4 is 11.3 Å². The summed E-state index contributed by atoms with van der Waals surface area (Å²) in [5.74, 6) is 0.432. The van der Waals surface area contributed by atoms with E-state index >= 15 is 0 Å². The molecule has 0 aliphatic rings. The van der Waals surface area contributed by atoms with Gasteiger partial charge in [-0.15, -0.1) is 11.3 Å². The largest absolute Gasteiger partial charge is 0.348 e. The van der Waals surface area contributed by atoms with E-state index in [1.807, 2.05) is 17.5 Å². The van der Waals surface area contributed by atoms with E-state index in [0.29, 0.717) is 5.92 Å². The molecule has 0 saturated heterocycles. The molecule has 0 bridgehead atoms. The normalized spacial score (nSPS) is 13.1. The predicted molar refractivity (Wildman–Crippen MR) is 55.2 cm³/mol. The van der Waals surface area contributed by atoms with Crippen LogP contribution in [-0.2, 0) is 0 Å². The van der Waals surface area contributed by atoms with Crippen LogP contribution in [0.4, 0.5) is 0 Å². The van der Waals surface area contributed by atoms with Crippen LogP contribution in [0.3, 0.4) is 0 Å². The maximum absolute atomic E-state index is 4.02. The Morgan fingerprint density at radius 3 is 2.92 bits per heavy atom. The van der Waals surface area contributed by atoms with Crippen LogP contribution in [0, 0.1) is 6.92 Å². The minimum atomic E-state index is 0.432. The number of thiophene rings is 1. The zero-order chi connectivity index (χ0) is 9.26. The van der Waals surface area contributed by atoms with Crippen LogP contribution >= 0.6 is 11.3 Å². The molecule has 2 rings (SSSR count). The number of rotatable bonds is 2. The second-order valence-electron chi connectivity index (χ2n) is 3.26. The SMILES string of the molecule is Cc1csc(C(C)c2cnc[nH]2)c1. The third-order valence-electron chi connectivity index (χ3n) is 2.16. The maximum Gasteiger partial charge on any atom is 0.0921 e. The Balaban J connectivity index is 2.28. The van der Waals surface area contributed by atoms with E-state index in [-0.39, 0.29) is 0 Å². The molecule has 0 saturated carbocycles. The van der Waals surface area contributed by atoms with Crippen LogP contribution in [-0.4, -0.2) is 9.97 Å². The van der Waals surface area contributed by atoms with E-state index in [4.69, 9.17) is 0 Å². The molecule has 3 heteroatoms. The number of nitrogens with zero attached hydrogens (tertiary/aromatic N) is 1. The number of H-pyrrole nitrogens is 1. The van der Waals surface area contributed by atoms with Gasteiger partial charge in [0.15, 0.2) is 0 Å². The molecule has 0 aliphatic heterocycles. The van der Waals surface area contributed by atoms with Gasteiger partial charge in [0, 0.05) is 22.7 Å². The fourth-order valence-electron chi connectivity index (χ4n) is 1.34. The van der Waals surface area contributed by atoms with Crippen molar-refractivity contribution in [2.24, 2.45) is 0 Å². The lowest BCUT2D eigenvalue weighted by Crippen LogP contribution is -1.92. The van der Waals surface area contributed by atoms with Gasteiger partial charge in [0.25, 0.3) is 0 Å². The highest BCUT2D eigenvalue weighted by Gasteiger charge is 2.10. The van der Waals surface area contributed by atoms with Crippen molar-refractivity contribution in [3.05, 3.63) is 40.1 Å². The number of aryl methyl sites for hydroxylation is 1. The van der Waals surface area contributed by atoms with Crippen molar-refractivity contribution in [3.63, 3.8) is 0 Å². The third-order valence-corrected chi connectivity index (χ3v) is 3.40. The summed E-state index contributed by atoms with van der Waals surface area (Å²) in [4.78, 5) is 8.56. The number of hydrogen-bond donors (Lipinski definition) is 1. The Hall–Kier alpha value is -1.09. The molecule has 68 valence electrons. The van der Waals surface area contributed by atoms with Crippen molar-refractivity contribution in [2.75, 3.05) is 0 Å². The van der Waals surface area contributed by atoms with Crippen LogP contribution in [0.5, 0.6) is 0 Å². The standard InChI is InChI=1S/C10H12N2S/c1-7-3-10(13-5-7)8(2)9-4-11-6-12-9/h3-6,8H,1-2H3,(H,11,12). The number of nitrogens with one attached hydrogen (secondary N) is 1. The van der Waals surface area contributed by atoms with Gasteiger partial charge in [-0.3, -0.25) is 0 Å². The average molecular weight is 192 g/mol. The summed E-state index contributed by atoms with van der Waals surface area (Å²) < 4.78 is 0. The van der Waals surface area contributed by atoms with Crippen molar-refractivity contribution in [1.29, 1.82) is 0 Å². The molecule has 2 aromatic rings. The number of aromatic nitrogens is 2. The van der Waals surface area contributed by atoms with E-state index in [9.17, 15) is 0 Å². The monoisotopic (exact) mass is 192 g/mol. The summed E-state index contributed by atoms with van der Waals surface area (Å²) in [5.41, 5.74) is 2.52. The second-order valence-corrected chi connectivity index (χ2v) is 4.20. The van der Waals surface area contributed by atoms with Crippen molar-refractivity contribution < 1.29 is 0 Å². The molecule has 2 aromatic heterocycles. The Kier molecular flexibility index (Phi) is 2.19. The molecular weight excluding hydrogens is 180 g/mol. The molecule has 2 heterocycles. The molecule has 0 fully saturated rings. The summed E-state index contributed by atoms with van der Waals surface area (Å²) in [5, 5.41) is 2.18. The van der Waals surface area contributed by atoms with Crippen LogP contribution in [0.1, 0.15) is 29.0 Å². The molecule has 0 aliphatic carbocycles. The first kappa shape index (κ1) is 8.51. The van der Waals surface area contributed by atoms with Gasteiger partial charge in [0.05, 0.1) is 6.33 Å². The summed E-state index contributed by atoms with van der Waals surface area (Å²) in [7, 11) is 0. The van der Waals surface area contributed by atoms with E-state index < -0.39 is 0 Å². The molecule has 2 nitrogen and oxygen atoms in total. The Bertz CT molecular complexity index is 375. The van der Waals surface area contributed by atoms with Gasteiger partial charge >= 0.3 is 0 Å². The van der Waals surface area contributed by atoms with E-state index in [1.54, 1.807) is 6.33 Å². The predicted octanol–water partition coefficient (Wildman–Crippen LogP) is 2.93. The first-order chi connectivity index (χ1) is 6.27. The lowest BCUT2D eigenvalue weighted by molar-refractivity contribution is 0.903. The highest BCUT2D eigenvalue weighted by atomic mass is 32.1. The van der Waals surface area contributed by atoms with Crippen LogP contribution in [0.15, 0.2) is 24.0 Å². The fraction of sp³-hybridized carbons (Fsp3) is 0.300. The quantitative estimate of drug-likeness (QED) is 0.778. The van der Waals surface area contributed by atoms with Crippen molar-refractivity contribution in [1.82, 2.24) is 9.97 Å². The fourth-order valence-corrected chi connectivity index (χ4v) is 2.31. The van der Waals surface area contributed by atoms with Crippen molar-refractivity contribution in [2.45, 2.75) is 19.8 Å². The van der Waals surface area contributed by atoms with E-state index in [0.717, 1.165) is 0 Å². The first-order valence-electron chi connectivity index (χ1n) is 4.30. The van der Waals surface area contributed by atoms with Gasteiger partial charge in [-0.25, -0.2) is 4.98 Å². The van der Waals surface area contributed by atoms with E-state index in [1.165, 1.54) is 16.1 Å². The summed E-state index contributed by atoms with van der Waals surface area (Å²) in [6.45, 7) is 4.32. The molecule has 1 atom stereocenters. The zero-order valence-electron chi connectivity index (χ0n) is 7.74. The zero-order valence-corrected chi connectivity index (χ0v) is 8.56. The number of aromatic amines is 1. The number of imidazole rings is 1. The lowest BCUT2D eigenvalue weighted by Gasteiger charge is -2.04. The Morgan fingerprint density at radius 1 is 1.54 bits per heavy atom. The van der Waals surface area contributed by atoms with Gasteiger partial charge in [0.1, 0.15) is 0 Å². The Labute approximate surface area is 81.7 Å². The Morgan fingerprint density at radius 2 is 2.38 bits per heavy atom. The number of hydrogen-bond acceptors (Lipinski definition) is 2. The minimum absolute atomic E-state index is 0.432. The van der Waals surface area contributed by atoms with Crippen molar-refractivity contribution in [3.8, 4) is 0 Å². The lowest BCUT2D eigenvalue weighted by atomic mass is 10.1. The van der Waals surface area contributed by atoms with Crippen LogP contribution in [0.25, 0.3) is 0 Å². The van der Waals surface area contributed by atoms with Gasteiger partial charge in [-0.2, -0.15) is 0 Å². The topological polar surface area (TPSA) is 28.7 Å². The van der Waals surface area contributed by atoms with Gasteiger partial charge in [-0.05, 0) is 23.9 Å². The van der Waals surface area contributed by atoms with Gasteiger partial charge in [-0.1, -0.05) is 6.92 Å². The molecule has 0 radical (unpaired) electrons. The summed E-state index contributed by atoms with van der Waals surface area (Å²) in [6.07, 6.45) is 3.62. The highest BCUT2D eigenvalue weighted by molar-refractivity contribution is 7.10. The van der Waals surface area contributed by atoms with Crippen LogP contribution < -0.4 is 0 Å². The van der Waals surface area contributed by atoms with E-state index in [2.05, 4.69) is 35.3 Å². The molecule has 0 aromatic carbocycles. The highest BCUT2D eigenvalue weighted by Crippen LogP contribution is 2.27. The smallest absolute Gasteiger partial charge is 0.0921 e. The minimum Gasteiger partial charge on any atom is -0.348 e. The molecule has 1 N–H and O–H groups in total. The summed E-state index contributed by atoms with van der Waals surface area (Å²) >= 11 is 1.81. The molecule has 1 unspecified atom stereocenters. The summed E-state index contributed by atoms with van der Waals surface area (Å²) in [6, 6.07) is 2.23. The molecule has 0 spiro atoms. The molecule has 13 heavy (non-hydrogen) atoms. The molecular formula is C10H12N2S. The second kappa shape index (κ2) is 3.34.